The zero-order valence-electron chi connectivity index (χ0n) is 20.3. The molecular weight excluding hydrogens is 454 g/mol. The second-order valence-corrected chi connectivity index (χ2v) is 9.68. The van der Waals surface area contributed by atoms with Gasteiger partial charge < -0.3 is 15.1 Å². The molecule has 186 valence electrons. The van der Waals surface area contributed by atoms with E-state index in [1.807, 2.05) is 25.2 Å². The Morgan fingerprint density at radius 2 is 2.00 bits per heavy atom. The molecule has 1 unspecified atom stereocenters. The summed E-state index contributed by atoms with van der Waals surface area (Å²) in [7, 11) is 0. The first-order chi connectivity index (χ1) is 17.3. The first kappa shape index (κ1) is 23.6. The van der Waals surface area contributed by atoms with E-state index in [0.29, 0.717) is 62.0 Å². The molecule has 0 saturated carbocycles. The molecule has 3 N–H and O–H groups in total. The summed E-state index contributed by atoms with van der Waals surface area (Å²) in [4.78, 5) is 38.1. The summed E-state index contributed by atoms with van der Waals surface area (Å²) in [6.45, 7) is 3.58. The van der Waals surface area contributed by atoms with E-state index in [1.54, 1.807) is 46.5 Å². The van der Waals surface area contributed by atoms with Crippen LogP contribution >= 0.6 is 0 Å². The smallest absolute Gasteiger partial charge is 0.272 e. The van der Waals surface area contributed by atoms with Gasteiger partial charge in [-0.15, -0.1) is 0 Å². The van der Waals surface area contributed by atoms with E-state index >= 15 is 0 Å². The summed E-state index contributed by atoms with van der Waals surface area (Å²) in [6.07, 6.45) is 11.7. The number of hydrogen-bond donors (Lipinski definition) is 3. The fourth-order valence-corrected chi connectivity index (χ4v) is 4.94. The summed E-state index contributed by atoms with van der Waals surface area (Å²) >= 11 is 0. The van der Waals surface area contributed by atoms with Crippen molar-refractivity contribution in [3.8, 4) is 0 Å². The van der Waals surface area contributed by atoms with Crippen molar-refractivity contribution in [1.29, 1.82) is 10.8 Å². The number of nitrogens with zero attached hydrogens (tertiary/aromatic N) is 4. The highest BCUT2D eigenvalue weighted by Gasteiger charge is 2.32. The van der Waals surface area contributed by atoms with Crippen molar-refractivity contribution >= 4 is 23.5 Å². The molecule has 4 heterocycles. The number of fused-ring (bicyclic) bond motifs is 1. The van der Waals surface area contributed by atoms with Crippen LogP contribution in [0.15, 0.2) is 60.5 Å². The zero-order valence-corrected chi connectivity index (χ0v) is 20.3. The Balaban J connectivity index is 0.00000320. The Hall–Kier alpha value is -4.14. The van der Waals surface area contributed by atoms with Gasteiger partial charge in [0.2, 0.25) is 0 Å². The first-order valence-corrected chi connectivity index (χ1v) is 12.2. The number of hydrogen-bond acceptors (Lipinski definition) is 6. The van der Waals surface area contributed by atoms with E-state index in [2.05, 4.69) is 15.3 Å². The monoisotopic (exact) mass is 485 g/mol. The fraction of sp³-hybridized carbons (Fsp3) is 0.333. The Morgan fingerprint density at radius 1 is 1.14 bits per heavy atom. The molecule has 36 heavy (non-hydrogen) atoms. The molecule has 1 aliphatic carbocycles. The van der Waals surface area contributed by atoms with Gasteiger partial charge in [-0.05, 0) is 54.7 Å². The van der Waals surface area contributed by atoms with Crippen LogP contribution in [0.5, 0.6) is 0 Å². The third-order valence-electron chi connectivity index (χ3n) is 6.91. The minimum absolute atomic E-state index is 0. The second-order valence-electron chi connectivity index (χ2n) is 9.68. The maximum Gasteiger partial charge on any atom is 0.272 e. The topological polar surface area (TPSA) is 126 Å². The number of amidine groups is 2. The average Bonchev–Trinajstić information content (AvgIpc) is 3.33. The van der Waals surface area contributed by atoms with E-state index in [9.17, 15) is 9.59 Å². The van der Waals surface area contributed by atoms with Gasteiger partial charge >= 0.3 is 0 Å². The predicted octanol–water partition coefficient (Wildman–Crippen LogP) is 3.35. The van der Waals surface area contributed by atoms with Crippen LogP contribution in [0.1, 0.15) is 59.7 Å². The number of nitrogens with one attached hydrogen (secondary N) is 3. The number of likely N-dealkylation sites (tertiary alicyclic amines) is 1. The molecule has 0 bridgehead atoms. The highest BCUT2D eigenvalue weighted by Crippen LogP contribution is 2.27. The maximum atomic E-state index is 13.2. The highest BCUT2D eigenvalue weighted by molar-refractivity contribution is 6.08. The summed E-state index contributed by atoms with van der Waals surface area (Å²) in [5, 5.41) is 19.7. The Labute approximate surface area is 211 Å². The van der Waals surface area contributed by atoms with E-state index in [4.69, 9.17) is 10.8 Å². The Kier molecular flexibility index (Phi) is 6.22. The van der Waals surface area contributed by atoms with Crippen LogP contribution in [0.4, 0.5) is 0 Å². The molecule has 1 fully saturated rings. The van der Waals surface area contributed by atoms with Crippen LogP contribution in [-0.2, 0) is 13.0 Å². The van der Waals surface area contributed by atoms with Crippen LogP contribution in [0.25, 0.3) is 0 Å². The van der Waals surface area contributed by atoms with E-state index in [0.717, 1.165) is 23.1 Å². The number of pyridine rings is 2. The van der Waals surface area contributed by atoms with Crippen molar-refractivity contribution in [1.82, 2.24) is 25.1 Å². The van der Waals surface area contributed by atoms with Crippen molar-refractivity contribution in [2.24, 2.45) is 0 Å². The van der Waals surface area contributed by atoms with Gasteiger partial charge in [0.25, 0.3) is 11.8 Å². The molecule has 9 heteroatoms. The summed E-state index contributed by atoms with van der Waals surface area (Å²) in [5.41, 5.74) is 2.74. The van der Waals surface area contributed by atoms with Gasteiger partial charge in [-0.25, -0.2) is 0 Å². The summed E-state index contributed by atoms with van der Waals surface area (Å²) < 4.78 is 0. The van der Waals surface area contributed by atoms with Crippen molar-refractivity contribution in [2.75, 3.05) is 13.1 Å². The standard InChI is InChI=1S/C27H29N7O2.H2/c1-27(10-4-6-18(15-27)24(29)34-12-5-8-23(34)28)32-25(35)22-14-20-17-33(13-9-19(20)16-31-22)26(36)21-7-2-3-11-30-21;/h2-4,6-7,10-11,14,16,28-29H,5,8-9,12-13,15,17H2,1H3,(H,32,35);1H. The molecule has 9 nitrogen and oxygen atoms in total. The molecule has 1 saturated heterocycles. The van der Waals surface area contributed by atoms with Gasteiger partial charge in [0, 0.05) is 46.3 Å². The summed E-state index contributed by atoms with van der Waals surface area (Å²) in [5.74, 6) is 0.360. The molecule has 2 aromatic heterocycles. The number of carbonyl (C=O) groups is 2. The molecule has 2 aromatic rings. The average molecular weight is 486 g/mol. The molecular formula is C27H31N7O2. The van der Waals surface area contributed by atoms with Gasteiger partial charge in [-0.1, -0.05) is 24.3 Å². The van der Waals surface area contributed by atoms with Crippen molar-refractivity contribution < 1.29 is 11.0 Å². The lowest BCUT2D eigenvalue weighted by Gasteiger charge is -2.33. The lowest BCUT2D eigenvalue weighted by molar-refractivity contribution is 0.0728. The molecule has 0 radical (unpaired) electrons. The molecule has 2 aliphatic heterocycles. The quantitative estimate of drug-likeness (QED) is 0.452. The fourth-order valence-electron chi connectivity index (χ4n) is 4.94. The molecule has 0 aromatic carbocycles. The van der Waals surface area contributed by atoms with Crippen LogP contribution < -0.4 is 5.32 Å². The zero-order chi connectivity index (χ0) is 25.3. The Bertz CT molecular complexity index is 1310. The maximum absolute atomic E-state index is 13.2. The Morgan fingerprint density at radius 3 is 2.75 bits per heavy atom. The van der Waals surface area contributed by atoms with Crippen molar-refractivity contribution in [3.05, 3.63) is 83.0 Å². The molecule has 5 rings (SSSR count). The number of aromatic nitrogens is 2. The number of allylic oxidation sites excluding steroid dienone is 2. The first-order valence-electron chi connectivity index (χ1n) is 12.2. The number of amides is 2. The van der Waals surface area contributed by atoms with Gasteiger partial charge in [0.1, 0.15) is 23.1 Å². The van der Waals surface area contributed by atoms with Gasteiger partial charge in [-0.2, -0.15) is 0 Å². The van der Waals surface area contributed by atoms with Crippen LogP contribution in [0.3, 0.4) is 0 Å². The van der Waals surface area contributed by atoms with E-state index < -0.39 is 5.54 Å². The minimum atomic E-state index is -0.687. The molecule has 3 aliphatic rings. The van der Waals surface area contributed by atoms with Gasteiger partial charge in [0.05, 0.1) is 5.54 Å². The summed E-state index contributed by atoms with van der Waals surface area (Å²) in [6, 6.07) is 7.04. The molecule has 2 amide bonds. The lowest BCUT2D eigenvalue weighted by Crippen LogP contribution is -2.47. The molecule has 0 spiro atoms. The number of carbonyl (C=O) groups excluding carboxylic acids is 2. The van der Waals surface area contributed by atoms with E-state index in [-0.39, 0.29) is 13.2 Å². The third kappa shape index (κ3) is 4.68. The normalized spacial score (nSPS) is 21.1. The minimum Gasteiger partial charge on any atom is -0.342 e. The van der Waals surface area contributed by atoms with Crippen LogP contribution in [-0.4, -0.2) is 61.9 Å². The number of rotatable bonds is 4. The van der Waals surface area contributed by atoms with Crippen molar-refractivity contribution in [2.45, 2.75) is 44.7 Å². The van der Waals surface area contributed by atoms with Gasteiger partial charge in [-0.3, -0.25) is 30.4 Å². The second kappa shape index (κ2) is 9.49. The van der Waals surface area contributed by atoms with E-state index in [1.165, 1.54) is 0 Å². The van der Waals surface area contributed by atoms with Crippen molar-refractivity contribution in [3.63, 3.8) is 0 Å². The largest absolute Gasteiger partial charge is 0.342 e. The lowest BCUT2D eigenvalue weighted by atomic mass is 9.87. The molecule has 1 atom stereocenters. The SMILES string of the molecule is CC1(NC(=O)c2cc3c(cn2)CCN(C(=O)c2ccccn2)C3)C=CC=C(C(=N)N2CCCC2=N)C1.[HH]. The third-order valence-corrected chi connectivity index (χ3v) is 6.91. The van der Waals surface area contributed by atoms with Crippen LogP contribution in [0, 0.1) is 10.8 Å². The van der Waals surface area contributed by atoms with Gasteiger partial charge in [0.15, 0.2) is 0 Å². The predicted molar refractivity (Wildman–Crippen MR) is 138 cm³/mol. The highest BCUT2D eigenvalue weighted by atomic mass is 16.2. The van der Waals surface area contributed by atoms with Crippen LogP contribution in [0.2, 0.25) is 0 Å².